The highest BCUT2D eigenvalue weighted by molar-refractivity contribution is 7.98. The first-order valence-corrected chi connectivity index (χ1v) is 7.84. The van der Waals surface area contributed by atoms with Crippen LogP contribution in [0.1, 0.15) is 25.7 Å². The minimum Gasteiger partial charge on any atom is -0.495 e. The zero-order valence-electron chi connectivity index (χ0n) is 11.4. The summed E-state index contributed by atoms with van der Waals surface area (Å²) in [5, 5.41) is 3.37. The van der Waals surface area contributed by atoms with E-state index in [9.17, 15) is 0 Å². The summed E-state index contributed by atoms with van der Waals surface area (Å²) in [6, 6.07) is 5.82. The van der Waals surface area contributed by atoms with Crippen LogP contribution in [-0.4, -0.2) is 25.7 Å². The fourth-order valence-electron chi connectivity index (χ4n) is 1.82. The molecule has 1 aromatic rings. The molecule has 0 heterocycles. The van der Waals surface area contributed by atoms with Gasteiger partial charge in [0, 0.05) is 6.54 Å². The molecule has 3 N–H and O–H groups in total. The van der Waals surface area contributed by atoms with Crippen LogP contribution in [0, 0.1) is 0 Å². The number of nitrogens with two attached hydrogens (primary N) is 1. The number of rotatable bonds is 9. The van der Waals surface area contributed by atoms with Crippen molar-refractivity contribution in [2.75, 3.05) is 36.7 Å². The lowest BCUT2D eigenvalue weighted by atomic mass is 10.2. The molecule has 0 saturated heterocycles. The summed E-state index contributed by atoms with van der Waals surface area (Å²) < 4.78 is 5.19. The fourth-order valence-corrected chi connectivity index (χ4v) is 2.32. The molecule has 0 fully saturated rings. The standard InChI is InChI=1S/C14H24N2OS/c1-17-13-9-7-8-12(14(13)15)16-10-5-3-4-6-11-18-2/h7-9,16H,3-6,10-11,15H2,1-2H3. The average Bonchev–Trinajstić information content (AvgIpc) is 2.39. The molecule has 0 spiro atoms. The third-order valence-electron chi connectivity index (χ3n) is 2.88. The Bertz CT molecular complexity index is 345. The van der Waals surface area contributed by atoms with Crippen molar-refractivity contribution < 1.29 is 4.74 Å². The first-order chi connectivity index (χ1) is 8.79. The van der Waals surface area contributed by atoms with Gasteiger partial charge in [0.05, 0.1) is 18.5 Å². The number of hydrogen-bond acceptors (Lipinski definition) is 4. The van der Waals surface area contributed by atoms with E-state index in [4.69, 9.17) is 10.5 Å². The van der Waals surface area contributed by atoms with Gasteiger partial charge in [-0.05, 0) is 37.0 Å². The van der Waals surface area contributed by atoms with Crippen LogP contribution < -0.4 is 15.8 Å². The molecule has 0 aliphatic heterocycles. The Morgan fingerprint density at radius 1 is 1.22 bits per heavy atom. The summed E-state index contributed by atoms with van der Waals surface area (Å²) in [5.41, 5.74) is 7.65. The summed E-state index contributed by atoms with van der Waals surface area (Å²) in [7, 11) is 1.64. The predicted molar refractivity (Wildman–Crippen MR) is 82.7 cm³/mol. The Hall–Kier alpha value is -1.03. The third-order valence-corrected chi connectivity index (χ3v) is 3.57. The average molecular weight is 268 g/mol. The number of methoxy groups -OCH3 is 1. The second-order valence-corrected chi connectivity index (χ2v) is 5.24. The molecule has 4 heteroatoms. The molecule has 0 saturated carbocycles. The molecule has 0 atom stereocenters. The molecule has 0 aromatic heterocycles. The van der Waals surface area contributed by atoms with Crippen molar-refractivity contribution in [2.24, 2.45) is 0 Å². The lowest BCUT2D eigenvalue weighted by Crippen LogP contribution is -2.05. The van der Waals surface area contributed by atoms with Gasteiger partial charge in [-0.1, -0.05) is 18.9 Å². The maximum atomic E-state index is 5.98. The number of nitrogen functional groups attached to an aromatic ring is 1. The molecule has 3 nitrogen and oxygen atoms in total. The molecule has 0 bridgehead atoms. The summed E-state index contributed by atoms with van der Waals surface area (Å²) in [5.74, 6) is 2.01. The lowest BCUT2D eigenvalue weighted by Gasteiger charge is -2.11. The van der Waals surface area contributed by atoms with Crippen LogP contribution >= 0.6 is 11.8 Å². The molecule has 0 unspecified atom stereocenters. The van der Waals surface area contributed by atoms with Gasteiger partial charge in [0.15, 0.2) is 0 Å². The smallest absolute Gasteiger partial charge is 0.143 e. The number of hydrogen-bond donors (Lipinski definition) is 2. The molecule has 0 radical (unpaired) electrons. The number of anilines is 2. The zero-order valence-corrected chi connectivity index (χ0v) is 12.2. The van der Waals surface area contributed by atoms with Gasteiger partial charge in [0.2, 0.25) is 0 Å². The minimum absolute atomic E-state index is 0.697. The van der Waals surface area contributed by atoms with E-state index in [1.807, 2.05) is 30.0 Å². The lowest BCUT2D eigenvalue weighted by molar-refractivity contribution is 0.417. The van der Waals surface area contributed by atoms with Crippen LogP contribution in [0.4, 0.5) is 11.4 Å². The van der Waals surface area contributed by atoms with Crippen molar-refractivity contribution in [3.63, 3.8) is 0 Å². The van der Waals surface area contributed by atoms with Crippen molar-refractivity contribution in [1.82, 2.24) is 0 Å². The number of thioether (sulfide) groups is 1. The maximum absolute atomic E-state index is 5.98. The molecule has 0 amide bonds. The van der Waals surface area contributed by atoms with Gasteiger partial charge in [-0.25, -0.2) is 0 Å². The molecule has 1 aromatic carbocycles. The molecular weight excluding hydrogens is 244 g/mol. The fraction of sp³-hybridized carbons (Fsp3) is 0.571. The van der Waals surface area contributed by atoms with Crippen LogP contribution in [0.5, 0.6) is 5.75 Å². The van der Waals surface area contributed by atoms with E-state index >= 15 is 0 Å². The zero-order chi connectivity index (χ0) is 13.2. The largest absolute Gasteiger partial charge is 0.495 e. The molecular formula is C14H24N2OS. The number of ether oxygens (including phenoxy) is 1. The summed E-state index contributed by atoms with van der Waals surface area (Å²) in [6.45, 7) is 0.969. The van der Waals surface area contributed by atoms with E-state index in [0.29, 0.717) is 5.69 Å². The Kier molecular flexibility index (Phi) is 7.49. The highest BCUT2D eigenvalue weighted by atomic mass is 32.2. The SMILES string of the molecule is COc1cccc(NCCCCCCSC)c1N. The van der Waals surface area contributed by atoms with Crippen molar-refractivity contribution in [2.45, 2.75) is 25.7 Å². The minimum atomic E-state index is 0.697. The number of para-hydroxylation sites is 1. The topological polar surface area (TPSA) is 47.3 Å². The van der Waals surface area contributed by atoms with Crippen LogP contribution in [0.15, 0.2) is 18.2 Å². The molecule has 0 aliphatic carbocycles. The van der Waals surface area contributed by atoms with Gasteiger partial charge >= 0.3 is 0 Å². The monoisotopic (exact) mass is 268 g/mol. The molecule has 0 aliphatic rings. The van der Waals surface area contributed by atoms with Crippen LogP contribution in [0.25, 0.3) is 0 Å². The number of nitrogens with one attached hydrogen (secondary N) is 1. The first-order valence-electron chi connectivity index (χ1n) is 6.45. The van der Waals surface area contributed by atoms with Gasteiger partial charge in [0.1, 0.15) is 5.75 Å². The van der Waals surface area contributed by atoms with E-state index in [1.165, 1.54) is 31.4 Å². The van der Waals surface area contributed by atoms with E-state index in [0.717, 1.165) is 18.0 Å². The van der Waals surface area contributed by atoms with Crippen molar-refractivity contribution in [3.8, 4) is 5.75 Å². The van der Waals surface area contributed by atoms with E-state index < -0.39 is 0 Å². The van der Waals surface area contributed by atoms with Gasteiger partial charge in [-0.15, -0.1) is 0 Å². The van der Waals surface area contributed by atoms with Gasteiger partial charge < -0.3 is 15.8 Å². The second-order valence-electron chi connectivity index (χ2n) is 4.26. The summed E-state index contributed by atoms with van der Waals surface area (Å²) >= 11 is 1.92. The van der Waals surface area contributed by atoms with Crippen LogP contribution in [0.2, 0.25) is 0 Å². The molecule has 18 heavy (non-hydrogen) atoms. The normalized spacial score (nSPS) is 10.3. The van der Waals surface area contributed by atoms with Crippen molar-refractivity contribution in [1.29, 1.82) is 0 Å². The van der Waals surface area contributed by atoms with E-state index in [1.54, 1.807) is 7.11 Å². The van der Waals surface area contributed by atoms with Crippen molar-refractivity contribution in [3.05, 3.63) is 18.2 Å². The van der Waals surface area contributed by atoms with Gasteiger partial charge in [-0.3, -0.25) is 0 Å². The van der Waals surface area contributed by atoms with Crippen molar-refractivity contribution >= 4 is 23.1 Å². The Morgan fingerprint density at radius 2 is 2.00 bits per heavy atom. The number of benzene rings is 1. The Morgan fingerprint density at radius 3 is 2.72 bits per heavy atom. The third kappa shape index (κ3) is 5.08. The summed E-state index contributed by atoms with van der Waals surface area (Å²) in [4.78, 5) is 0. The Labute approximate surface area is 114 Å². The highest BCUT2D eigenvalue weighted by Crippen LogP contribution is 2.28. The van der Waals surface area contributed by atoms with Gasteiger partial charge in [0.25, 0.3) is 0 Å². The highest BCUT2D eigenvalue weighted by Gasteiger charge is 2.03. The molecule has 1 rings (SSSR count). The van der Waals surface area contributed by atoms with E-state index in [-0.39, 0.29) is 0 Å². The van der Waals surface area contributed by atoms with Crippen LogP contribution in [0.3, 0.4) is 0 Å². The summed E-state index contributed by atoms with van der Waals surface area (Å²) in [6.07, 6.45) is 7.26. The predicted octanol–water partition coefficient (Wildman–Crippen LogP) is 3.61. The first kappa shape index (κ1) is 15.0. The van der Waals surface area contributed by atoms with E-state index in [2.05, 4.69) is 11.6 Å². The molecule has 102 valence electrons. The maximum Gasteiger partial charge on any atom is 0.143 e. The Balaban J connectivity index is 2.23. The number of unbranched alkanes of at least 4 members (excludes halogenated alkanes) is 3. The van der Waals surface area contributed by atoms with Crippen LogP contribution in [-0.2, 0) is 0 Å². The quantitative estimate of drug-likeness (QED) is 0.530. The van der Waals surface area contributed by atoms with Gasteiger partial charge in [-0.2, -0.15) is 11.8 Å². The second kappa shape index (κ2) is 8.97.